The van der Waals surface area contributed by atoms with Crippen LogP contribution in [0, 0.1) is 0 Å². The fourth-order valence-electron chi connectivity index (χ4n) is 7.33. The van der Waals surface area contributed by atoms with Gasteiger partial charge >= 0.3 is 0 Å². The number of fused-ring (bicyclic) bond motifs is 6. The monoisotopic (exact) mass is 643 g/mol. The Balaban J connectivity index is 1.07. The quantitative estimate of drug-likeness (QED) is 0.186. The number of aromatic nitrogens is 1. The Bertz CT molecular complexity index is 2720. The van der Waals surface area contributed by atoms with Gasteiger partial charge in [-0.15, -0.1) is 0 Å². The van der Waals surface area contributed by atoms with E-state index in [4.69, 9.17) is 14.4 Å². The minimum absolute atomic E-state index is 0.374. The standard InChI is InChI=1S/C45H30N4O/c1-3-12-29(13-4-1)43-46-44(30-14-5-2-6-15-30)48-45(47-43)31-22-25-33(26-23-31)49-39-20-9-7-16-35(39)38-28-32(24-27-40(38)49)34-18-11-19-37-36-17-8-10-21-41(36)50-42(34)37/h1-28,45H,(H,46,47,48)/p+1. The number of rotatable bonds is 5. The van der Waals surface area contributed by atoms with E-state index in [1.54, 1.807) is 0 Å². The van der Waals surface area contributed by atoms with Crippen molar-refractivity contribution in [2.24, 2.45) is 9.98 Å². The van der Waals surface area contributed by atoms with Crippen molar-refractivity contribution >= 4 is 55.4 Å². The van der Waals surface area contributed by atoms with Gasteiger partial charge in [0.2, 0.25) is 0 Å². The molecule has 10 rings (SSSR count). The van der Waals surface area contributed by atoms with Crippen LogP contribution in [0.2, 0.25) is 0 Å². The highest BCUT2D eigenvalue weighted by Crippen LogP contribution is 2.39. The Hall–Kier alpha value is -6.72. The first kappa shape index (κ1) is 28.3. The van der Waals surface area contributed by atoms with Crippen LogP contribution in [0.1, 0.15) is 22.9 Å². The third-order valence-electron chi connectivity index (χ3n) is 9.73. The molecule has 0 spiro atoms. The van der Waals surface area contributed by atoms with Crippen molar-refractivity contribution < 1.29 is 4.42 Å². The third kappa shape index (κ3) is 4.63. The van der Waals surface area contributed by atoms with Crippen LogP contribution >= 0.6 is 0 Å². The number of nitrogens with one attached hydrogen (secondary N) is 1. The first-order chi connectivity index (χ1) is 24.8. The molecule has 7 aromatic carbocycles. The topological polar surface area (TPSA) is 54.5 Å². The number of nitrogens with zero attached hydrogens (tertiary/aromatic N) is 3. The van der Waals surface area contributed by atoms with Crippen LogP contribution in [0.5, 0.6) is 0 Å². The minimum Gasteiger partial charge on any atom is -0.545 e. The molecule has 1 aliphatic rings. The Morgan fingerprint density at radius 2 is 1.10 bits per heavy atom. The molecular weight excluding hydrogens is 613 g/mol. The SMILES string of the molecule is c1ccc(C2=NC(c3ccc(-n4c5ccccc5c5cc(-c6cccc7c6[oH+]c6ccccc67)ccc54)cc3)N=C(c3ccccc3)N2)cc1. The van der Waals surface area contributed by atoms with Crippen molar-refractivity contribution in [1.29, 1.82) is 0 Å². The summed E-state index contributed by atoms with van der Waals surface area (Å²) in [5.41, 5.74) is 10.9. The molecule has 2 N–H and O–H groups in total. The molecule has 5 heteroatoms. The number of hydrogen-bond acceptors (Lipinski definition) is 3. The highest BCUT2D eigenvalue weighted by molar-refractivity contribution is 6.16. The number of benzene rings is 7. The summed E-state index contributed by atoms with van der Waals surface area (Å²) < 4.78 is 7.40. The number of amidine groups is 2. The normalized spacial score (nSPS) is 13.5. The van der Waals surface area contributed by atoms with Crippen LogP contribution in [0.4, 0.5) is 0 Å². The average molecular weight is 644 g/mol. The second kappa shape index (κ2) is 11.5. The van der Waals surface area contributed by atoms with Crippen molar-refractivity contribution in [3.63, 3.8) is 0 Å². The molecular formula is C45H31N4O+. The van der Waals surface area contributed by atoms with Gasteiger partial charge in [-0.1, -0.05) is 115 Å². The molecule has 0 bridgehead atoms. The van der Waals surface area contributed by atoms with E-state index in [0.29, 0.717) is 0 Å². The molecule has 0 radical (unpaired) electrons. The van der Waals surface area contributed by atoms with Gasteiger partial charge in [0.25, 0.3) is 11.2 Å². The lowest BCUT2D eigenvalue weighted by Gasteiger charge is -2.22. The van der Waals surface area contributed by atoms with Crippen LogP contribution in [-0.4, -0.2) is 16.2 Å². The third-order valence-corrected chi connectivity index (χ3v) is 9.73. The lowest BCUT2D eigenvalue weighted by molar-refractivity contribution is 0.670. The van der Waals surface area contributed by atoms with Gasteiger partial charge in [0.15, 0.2) is 6.17 Å². The van der Waals surface area contributed by atoms with Crippen LogP contribution in [-0.2, 0) is 0 Å². The summed E-state index contributed by atoms with van der Waals surface area (Å²) in [4.78, 5) is 10.1. The Labute approximate surface area is 288 Å². The smallest absolute Gasteiger partial charge is 0.277 e. The van der Waals surface area contributed by atoms with Crippen molar-refractivity contribution in [2.45, 2.75) is 6.17 Å². The molecule has 0 amide bonds. The Kier molecular flexibility index (Phi) is 6.49. The molecule has 50 heavy (non-hydrogen) atoms. The zero-order valence-electron chi connectivity index (χ0n) is 27.0. The second-order valence-electron chi connectivity index (χ2n) is 12.7. The molecule has 0 fully saturated rings. The van der Waals surface area contributed by atoms with Gasteiger partial charge in [-0.2, -0.15) is 0 Å². The summed E-state index contributed by atoms with van der Waals surface area (Å²) in [5, 5.41) is 8.30. The average Bonchev–Trinajstić information content (AvgIpc) is 3.74. The fourth-order valence-corrected chi connectivity index (χ4v) is 7.33. The number of aliphatic imine (C=N–C) groups is 2. The fraction of sp³-hybridized carbons (Fsp3) is 0.0222. The van der Waals surface area contributed by atoms with E-state index >= 15 is 0 Å². The Morgan fingerprint density at radius 3 is 1.84 bits per heavy atom. The zero-order chi connectivity index (χ0) is 33.0. The van der Waals surface area contributed by atoms with Crippen LogP contribution < -0.4 is 5.32 Å². The van der Waals surface area contributed by atoms with Gasteiger partial charge in [0.05, 0.1) is 27.4 Å². The second-order valence-corrected chi connectivity index (χ2v) is 12.7. The highest BCUT2D eigenvalue weighted by atomic mass is 16.3. The Morgan fingerprint density at radius 1 is 0.480 bits per heavy atom. The van der Waals surface area contributed by atoms with Gasteiger partial charge in [-0.3, -0.25) is 0 Å². The zero-order valence-corrected chi connectivity index (χ0v) is 27.0. The molecule has 236 valence electrons. The highest BCUT2D eigenvalue weighted by Gasteiger charge is 2.22. The molecule has 0 saturated heterocycles. The van der Waals surface area contributed by atoms with Gasteiger partial charge in [0, 0.05) is 33.7 Å². The lowest BCUT2D eigenvalue weighted by atomic mass is 10.0. The molecule has 5 nitrogen and oxygen atoms in total. The summed E-state index contributed by atoms with van der Waals surface area (Å²) in [6, 6.07) is 59.5. The first-order valence-corrected chi connectivity index (χ1v) is 16.9. The summed E-state index contributed by atoms with van der Waals surface area (Å²) in [6.45, 7) is 0. The summed E-state index contributed by atoms with van der Waals surface area (Å²) in [6.07, 6.45) is -0.374. The molecule has 0 saturated carbocycles. The minimum atomic E-state index is -0.374. The number of furan rings is 1. The van der Waals surface area contributed by atoms with Crippen molar-refractivity contribution in [2.75, 3.05) is 0 Å². The number of hydrogen-bond donors (Lipinski definition) is 1. The van der Waals surface area contributed by atoms with Crippen molar-refractivity contribution in [1.82, 2.24) is 9.88 Å². The summed E-state index contributed by atoms with van der Waals surface area (Å²) in [7, 11) is 0. The molecule has 0 unspecified atom stereocenters. The van der Waals surface area contributed by atoms with E-state index < -0.39 is 0 Å². The summed E-state index contributed by atoms with van der Waals surface area (Å²) in [5.74, 6) is 1.62. The van der Waals surface area contributed by atoms with E-state index in [9.17, 15) is 0 Å². The molecule has 1 aliphatic heterocycles. The predicted molar refractivity (Wildman–Crippen MR) is 206 cm³/mol. The van der Waals surface area contributed by atoms with E-state index in [-0.39, 0.29) is 6.17 Å². The molecule has 9 aromatic rings. The molecule has 0 aliphatic carbocycles. The van der Waals surface area contributed by atoms with Crippen LogP contribution in [0.3, 0.4) is 0 Å². The van der Waals surface area contributed by atoms with E-state index in [1.807, 2.05) is 36.4 Å². The predicted octanol–water partition coefficient (Wildman–Crippen LogP) is 11.0. The summed E-state index contributed by atoms with van der Waals surface area (Å²) >= 11 is 0. The van der Waals surface area contributed by atoms with Crippen LogP contribution in [0.15, 0.2) is 184 Å². The largest absolute Gasteiger partial charge is 0.545 e. The van der Waals surface area contributed by atoms with E-state index in [0.717, 1.165) is 61.9 Å². The molecule has 0 atom stereocenters. The van der Waals surface area contributed by atoms with Crippen molar-refractivity contribution in [3.8, 4) is 16.8 Å². The molecule has 3 heterocycles. The van der Waals surface area contributed by atoms with Gasteiger partial charge in [0.1, 0.15) is 11.7 Å². The maximum absolute atomic E-state index is 5.07. The first-order valence-electron chi connectivity index (χ1n) is 16.9. The van der Waals surface area contributed by atoms with Gasteiger partial charge in [-0.25, -0.2) is 9.98 Å². The van der Waals surface area contributed by atoms with Crippen LogP contribution in [0.25, 0.3) is 60.6 Å². The van der Waals surface area contributed by atoms with Crippen molar-refractivity contribution in [3.05, 3.63) is 187 Å². The van der Waals surface area contributed by atoms with Gasteiger partial charge < -0.3 is 14.3 Å². The number of para-hydroxylation sites is 3. The maximum atomic E-state index is 5.07. The lowest BCUT2D eigenvalue weighted by Crippen LogP contribution is -2.35. The van der Waals surface area contributed by atoms with Gasteiger partial charge in [-0.05, 0) is 59.7 Å². The van der Waals surface area contributed by atoms with E-state index in [1.165, 1.54) is 27.1 Å². The van der Waals surface area contributed by atoms with E-state index in [2.05, 4.69) is 143 Å². The maximum Gasteiger partial charge on any atom is 0.277 e. The molecule has 2 aromatic heterocycles.